The number of rotatable bonds is 33. The highest BCUT2D eigenvalue weighted by Crippen LogP contribution is 2.46. The van der Waals surface area contributed by atoms with Crippen molar-refractivity contribution in [1.29, 1.82) is 0 Å². The van der Waals surface area contributed by atoms with Gasteiger partial charge in [0.1, 0.15) is 36.0 Å². The third kappa shape index (κ3) is 29.8. The summed E-state index contributed by atoms with van der Waals surface area (Å²) in [4.78, 5) is 151. The van der Waals surface area contributed by atoms with Crippen molar-refractivity contribution in [3.8, 4) is 34.2 Å². The lowest BCUT2D eigenvalue weighted by Gasteiger charge is -2.35. The van der Waals surface area contributed by atoms with Crippen molar-refractivity contribution in [2.24, 2.45) is 11.7 Å². The number of amides is 9. The van der Waals surface area contributed by atoms with Gasteiger partial charge in [0.05, 0.1) is 11.6 Å². The highest BCUT2D eigenvalue weighted by Gasteiger charge is 2.44. The molecule has 9 aromatic rings. The van der Waals surface area contributed by atoms with Crippen LogP contribution >= 0.6 is 0 Å². The van der Waals surface area contributed by atoms with E-state index in [-0.39, 0.29) is 59.0 Å². The van der Waals surface area contributed by atoms with E-state index in [9.17, 15) is 56.3 Å². The molecule has 0 spiro atoms. The molecule has 7 aliphatic rings. The van der Waals surface area contributed by atoms with Crippen LogP contribution < -0.4 is 21.7 Å². The molecule has 0 radical (unpaired) electrons. The van der Waals surface area contributed by atoms with E-state index in [1.165, 1.54) is 68.2 Å². The van der Waals surface area contributed by atoms with Gasteiger partial charge in [0.2, 0.25) is 29.5 Å². The maximum atomic E-state index is 13.6. The second kappa shape index (κ2) is 49.8. The van der Waals surface area contributed by atoms with Crippen LogP contribution in [0.4, 0.5) is 18.0 Å². The Morgan fingerprint density at radius 2 is 0.807 bits per heavy atom. The van der Waals surface area contributed by atoms with Crippen molar-refractivity contribution in [2.45, 2.75) is 138 Å². The SMILES string of the molecule is C=CCN(CCC[C@H](N)C(=O)N1CCN(C)CC1)[C@@H]1C[C@H]1c1ccc(F)cc1.C=CCN(CCC[C@H](NC(=O)c1ccc(-c2ncccn2)cc1)C(=O)N1CCN(C)CC1)[C@@H]1C[C@H]1c1ccc(F)cc1.CC1CCN(C(=O)[C@H](CCCN[C@@H]2C[C@H]2c2ccc(F)cc2)NC(=O)c2ccc(-c3ncccn3)cc2)CC1.CN1C(=O)CC(=O)N(C)C1=O.O=C(O)c1ccc(-c2ncccn2)cc1. The Morgan fingerprint density at radius 1 is 0.459 bits per heavy atom. The summed E-state index contributed by atoms with van der Waals surface area (Å²) in [5.74, 6) is 0.696. The number of imide groups is 2. The molecule has 0 unspecified atom stereocenters. The van der Waals surface area contributed by atoms with Gasteiger partial charge >= 0.3 is 12.0 Å². The summed E-state index contributed by atoms with van der Waals surface area (Å²) in [6, 6.07) is 45.3. The topological polar surface area (TPSA) is 342 Å². The largest absolute Gasteiger partial charge is 0.478 e. The lowest BCUT2D eigenvalue weighted by Crippen LogP contribution is -2.54. The minimum absolute atomic E-state index is 0.000154. The molecule has 9 amide bonds. The third-order valence-corrected chi connectivity index (χ3v) is 25.6. The molecule has 3 aliphatic carbocycles. The van der Waals surface area contributed by atoms with Crippen molar-refractivity contribution >= 4 is 53.4 Å². The maximum absolute atomic E-state index is 13.6. The Hall–Kier alpha value is -13.0. The van der Waals surface area contributed by atoms with Crippen LogP contribution in [0.1, 0.15) is 149 Å². The number of carbonyl (C=O) groups excluding carboxylic acids is 8. The fourth-order valence-corrected chi connectivity index (χ4v) is 17.1. The molecular weight excluding hydrogens is 1720 g/mol. The number of halogens is 3. The van der Waals surface area contributed by atoms with Crippen LogP contribution in [0.25, 0.3) is 34.2 Å². The molecular formula is C103H124F3N19O10. The summed E-state index contributed by atoms with van der Waals surface area (Å²) < 4.78 is 39.8. The van der Waals surface area contributed by atoms with E-state index < -0.39 is 41.9 Å². The fourth-order valence-electron chi connectivity index (χ4n) is 17.1. The monoisotopic (exact) mass is 1840 g/mol. The van der Waals surface area contributed by atoms with Crippen LogP contribution in [0.2, 0.25) is 0 Å². The first-order chi connectivity index (χ1) is 65.2. The van der Waals surface area contributed by atoms with Crippen LogP contribution in [0, 0.1) is 23.4 Å². The van der Waals surface area contributed by atoms with Crippen molar-refractivity contribution in [3.63, 3.8) is 0 Å². The molecule has 6 N–H and O–H groups in total. The lowest BCUT2D eigenvalue weighted by molar-refractivity contribution is -0.141. The van der Waals surface area contributed by atoms with Crippen molar-refractivity contribution in [2.75, 3.05) is 126 Å². The van der Waals surface area contributed by atoms with Crippen LogP contribution in [-0.2, 0) is 24.0 Å². The standard InChI is InChI=1S/C33H39FN6O2.C31H36FN5O2.C22H33FN4O.C11H8N2O2.C6H8N2O3/c1-3-17-39(30-23-28(30)24-11-13-27(34)14-12-24)18-4-6-29(33(42)40-21-19-38(2)20-22-40)37-32(41)26-9-7-25(8-10-26)31-35-15-5-16-36-31;1-21-13-18-37(19-14-21)31(39)27(4-2-15-33-28-20-26(28)22-9-11-25(32)12-10-22)36-30(38)24-7-5-23(6-8-24)29-34-16-3-17-35-29;1-3-10-26(21-16-19(21)17-6-8-18(23)9-7-17)11-4-5-20(24)22(28)27-14-12-25(2)13-15-27;14-11(15)9-4-2-8(3-5-9)10-12-6-1-7-13-10;1-7-4(9)3-5(10)8(2)6(7)11/h3,5,7-16,28-30H,1,4,6,17-23H2,2H3,(H,37,41);3,5-12,16-17,21,26-28,33H,2,4,13-15,18-20H2,1H3,(H,36,38);3,6-9,19-21H,1,4-5,10-16,24H2,2H3;1-7H,(H,14,15);3H2,1-2H3/t28-,29-,30+;26-,27-,28+;19-,20-,21+;;/m000../s1. The minimum atomic E-state index is -0.935. The number of urea groups is 1. The van der Waals surface area contributed by atoms with Crippen molar-refractivity contribution < 1.29 is 61.4 Å². The molecule has 3 aromatic heterocycles. The van der Waals surface area contributed by atoms with Gasteiger partial charge in [0, 0.05) is 194 Å². The summed E-state index contributed by atoms with van der Waals surface area (Å²) in [7, 11) is 6.84. The van der Waals surface area contributed by atoms with Gasteiger partial charge in [-0.25, -0.2) is 52.7 Å². The van der Waals surface area contributed by atoms with Crippen LogP contribution in [0.5, 0.6) is 0 Å². The zero-order chi connectivity index (χ0) is 96.0. The number of likely N-dealkylation sites (N-methyl/N-ethyl adjacent to an activating group) is 2. The summed E-state index contributed by atoms with van der Waals surface area (Å²) in [6.07, 6.45) is 22.9. The van der Waals surface area contributed by atoms with Crippen LogP contribution in [0.15, 0.2) is 226 Å². The van der Waals surface area contributed by atoms with Gasteiger partial charge in [-0.15, -0.1) is 13.2 Å². The predicted octanol–water partition coefficient (Wildman–Crippen LogP) is 11.9. The van der Waals surface area contributed by atoms with Crippen LogP contribution in [0.3, 0.4) is 0 Å². The molecule has 6 aromatic carbocycles. The predicted molar refractivity (Wildman–Crippen MR) is 510 cm³/mol. The summed E-state index contributed by atoms with van der Waals surface area (Å²) in [5.41, 5.74) is 13.4. The first kappa shape index (κ1) is 101. The number of likely N-dealkylation sites (tertiary alicyclic amines) is 1. The third-order valence-electron chi connectivity index (χ3n) is 25.6. The number of carboxylic acid groups (broad SMARTS) is 1. The number of aromatic carboxylic acids is 1. The number of nitrogens with two attached hydrogens (primary N) is 1. The summed E-state index contributed by atoms with van der Waals surface area (Å²) in [5, 5.41) is 18.3. The Kier molecular flexibility index (Phi) is 37.3. The fraction of sp³-hybridized carbons (Fsp3) is 0.408. The number of piperazine rings is 2. The molecule has 712 valence electrons. The van der Waals surface area contributed by atoms with E-state index in [1.54, 1.807) is 91.8 Å². The smallest absolute Gasteiger partial charge is 0.335 e. The number of carbonyl (C=O) groups is 9. The molecule has 9 atom stereocenters. The molecule has 7 fully saturated rings. The maximum Gasteiger partial charge on any atom is 0.335 e. The van der Waals surface area contributed by atoms with Gasteiger partial charge < -0.3 is 51.3 Å². The molecule has 7 heterocycles. The molecule has 135 heavy (non-hydrogen) atoms. The Bertz CT molecular complexity index is 5370. The van der Waals surface area contributed by atoms with E-state index in [2.05, 4.69) is 99.6 Å². The highest BCUT2D eigenvalue weighted by molar-refractivity contribution is 6.13. The zero-order valence-corrected chi connectivity index (χ0v) is 77.5. The second-order valence-electron chi connectivity index (χ2n) is 35.4. The molecule has 16 rings (SSSR count). The molecule has 4 saturated heterocycles. The molecule has 3 saturated carbocycles. The van der Waals surface area contributed by atoms with E-state index >= 15 is 0 Å². The van der Waals surface area contributed by atoms with Gasteiger partial charge in [0.15, 0.2) is 17.5 Å². The molecule has 32 heteroatoms. The summed E-state index contributed by atoms with van der Waals surface area (Å²) in [6.45, 7) is 21.8. The quantitative estimate of drug-likeness (QED) is 0.0145. The first-order valence-corrected chi connectivity index (χ1v) is 46.4. The number of hydrogen-bond donors (Lipinski definition) is 5. The van der Waals surface area contributed by atoms with Gasteiger partial charge in [0.25, 0.3) is 11.8 Å². The number of benzene rings is 6. The number of hydrogen-bond acceptors (Lipinski definition) is 21. The van der Waals surface area contributed by atoms with Crippen LogP contribution in [-0.4, -0.2) is 295 Å². The Morgan fingerprint density at radius 3 is 1.19 bits per heavy atom. The van der Waals surface area contributed by atoms with Gasteiger partial charge in [-0.05, 0) is 218 Å². The summed E-state index contributed by atoms with van der Waals surface area (Å²) >= 11 is 0. The number of nitrogens with one attached hydrogen (secondary N) is 3. The van der Waals surface area contributed by atoms with E-state index in [4.69, 9.17) is 10.8 Å². The average molecular weight is 1850 g/mol. The number of carboxylic acids is 1. The number of nitrogens with zero attached hydrogens (tertiary/aromatic N) is 15. The molecule has 29 nitrogen and oxygen atoms in total. The van der Waals surface area contributed by atoms with Crippen molar-refractivity contribution in [3.05, 3.63) is 277 Å². The number of piperidine rings is 1. The van der Waals surface area contributed by atoms with Crippen molar-refractivity contribution in [1.82, 2.24) is 90.0 Å². The van der Waals surface area contributed by atoms with E-state index in [1.807, 2.05) is 87.5 Å². The van der Waals surface area contributed by atoms with Gasteiger partial charge in [-0.2, -0.15) is 0 Å². The van der Waals surface area contributed by atoms with E-state index in [0.717, 1.165) is 174 Å². The Labute approximate surface area is 787 Å². The van der Waals surface area contributed by atoms with E-state index in [0.29, 0.717) is 103 Å². The highest BCUT2D eigenvalue weighted by atomic mass is 19.1. The number of aromatic nitrogens is 6. The average Bonchev–Trinajstić information content (AvgIpc) is 1.63. The lowest BCUT2D eigenvalue weighted by atomic mass is 9.98. The molecule has 4 aliphatic heterocycles. The first-order valence-electron chi connectivity index (χ1n) is 46.4. The number of barbiturate groups is 1. The molecule has 0 bridgehead atoms. The second-order valence-corrected chi connectivity index (χ2v) is 35.4. The van der Waals surface area contributed by atoms with Gasteiger partial charge in [-0.1, -0.05) is 91.9 Å². The minimum Gasteiger partial charge on any atom is -0.478 e. The Balaban J connectivity index is 0.000000162. The van der Waals surface area contributed by atoms with Gasteiger partial charge in [-0.3, -0.25) is 53.2 Å². The zero-order valence-electron chi connectivity index (χ0n) is 77.5. The normalized spacial score (nSPS) is 19.4.